The van der Waals surface area contributed by atoms with Gasteiger partial charge in [-0.1, -0.05) is 53.7 Å². The molecule has 0 saturated carbocycles. The summed E-state index contributed by atoms with van der Waals surface area (Å²) < 4.78 is 27.3. The summed E-state index contributed by atoms with van der Waals surface area (Å²) >= 11 is 7.37. The molecule has 27 heavy (non-hydrogen) atoms. The van der Waals surface area contributed by atoms with Gasteiger partial charge in [0, 0.05) is 22.9 Å². The summed E-state index contributed by atoms with van der Waals surface area (Å²) in [6.45, 7) is 2.17. The van der Waals surface area contributed by atoms with Gasteiger partial charge in [0.05, 0.1) is 17.6 Å². The van der Waals surface area contributed by atoms with Crippen molar-refractivity contribution in [3.05, 3.63) is 65.3 Å². The molecule has 0 radical (unpaired) electrons. The molecule has 0 atom stereocenters. The maximum atomic E-state index is 12.9. The van der Waals surface area contributed by atoms with Gasteiger partial charge in [-0.05, 0) is 30.7 Å². The van der Waals surface area contributed by atoms with Gasteiger partial charge in [-0.3, -0.25) is 4.31 Å². The zero-order valence-electron chi connectivity index (χ0n) is 14.5. The Morgan fingerprint density at radius 1 is 1.11 bits per heavy atom. The average molecular weight is 418 g/mol. The lowest BCUT2D eigenvalue weighted by Crippen LogP contribution is -2.34. The highest BCUT2D eigenvalue weighted by Crippen LogP contribution is 2.41. The number of thioether (sulfide) groups is 1. The maximum Gasteiger partial charge on any atom is 0.268 e. The molecule has 0 unspecified atom stereocenters. The Bertz CT molecular complexity index is 1100. The van der Waals surface area contributed by atoms with E-state index < -0.39 is 10.0 Å². The van der Waals surface area contributed by atoms with E-state index in [9.17, 15) is 8.42 Å². The van der Waals surface area contributed by atoms with E-state index in [2.05, 4.69) is 9.97 Å². The monoisotopic (exact) mass is 417 g/mol. The van der Waals surface area contributed by atoms with Crippen molar-refractivity contribution in [2.24, 2.45) is 0 Å². The lowest BCUT2D eigenvalue weighted by molar-refractivity contribution is 0.589. The van der Waals surface area contributed by atoms with Crippen LogP contribution in [0, 0.1) is 0 Å². The lowest BCUT2D eigenvalue weighted by Gasteiger charge is -2.30. The minimum Gasteiger partial charge on any atom is -0.266 e. The Kier molecular flexibility index (Phi) is 4.84. The van der Waals surface area contributed by atoms with Crippen molar-refractivity contribution in [3.63, 3.8) is 0 Å². The number of hydrogen-bond donors (Lipinski definition) is 0. The molecule has 0 spiro atoms. The van der Waals surface area contributed by atoms with E-state index in [4.69, 9.17) is 11.6 Å². The third-order valence-corrected chi connectivity index (χ3v) is 7.37. The number of para-hydroxylation sites is 1. The van der Waals surface area contributed by atoms with Crippen LogP contribution in [0.4, 0.5) is 5.69 Å². The van der Waals surface area contributed by atoms with Crippen molar-refractivity contribution in [3.8, 4) is 11.3 Å². The number of benzene rings is 2. The lowest BCUT2D eigenvalue weighted by atomic mass is 10.1. The van der Waals surface area contributed by atoms with E-state index in [1.165, 1.54) is 22.3 Å². The second-order valence-electron chi connectivity index (χ2n) is 5.97. The zero-order valence-corrected chi connectivity index (χ0v) is 16.9. The molecule has 1 aliphatic rings. The molecule has 0 aliphatic carbocycles. The van der Waals surface area contributed by atoms with Gasteiger partial charge in [0.15, 0.2) is 5.16 Å². The Labute approximate surface area is 167 Å². The van der Waals surface area contributed by atoms with Crippen molar-refractivity contribution < 1.29 is 8.42 Å². The molecule has 0 amide bonds. The predicted molar refractivity (Wildman–Crippen MR) is 109 cm³/mol. The van der Waals surface area contributed by atoms with Crippen molar-refractivity contribution in [1.82, 2.24) is 9.97 Å². The van der Waals surface area contributed by atoms with Gasteiger partial charge in [0.1, 0.15) is 4.90 Å². The molecule has 2 heterocycles. The number of rotatable bonds is 4. The zero-order chi connectivity index (χ0) is 19.0. The van der Waals surface area contributed by atoms with Crippen LogP contribution in [-0.2, 0) is 15.8 Å². The van der Waals surface area contributed by atoms with Crippen LogP contribution >= 0.6 is 23.4 Å². The molecule has 0 N–H and O–H groups in total. The smallest absolute Gasteiger partial charge is 0.266 e. The third-order valence-electron chi connectivity index (χ3n) is 4.30. The normalized spacial score (nSPS) is 14.5. The molecule has 4 rings (SSSR count). The van der Waals surface area contributed by atoms with Crippen molar-refractivity contribution >= 4 is 39.1 Å². The first-order valence-corrected chi connectivity index (χ1v) is 11.2. The fourth-order valence-electron chi connectivity index (χ4n) is 3.01. The molecule has 1 aromatic heterocycles. The van der Waals surface area contributed by atoms with Crippen molar-refractivity contribution in [2.45, 2.75) is 22.7 Å². The van der Waals surface area contributed by atoms with E-state index in [1.54, 1.807) is 0 Å². The topological polar surface area (TPSA) is 63.2 Å². The van der Waals surface area contributed by atoms with E-state index in [1.807, 2.05) is 55.5 Å². The fourth-order valence-corrected chi connectivity index (χ4v) is 5.49. The molecule has 8 heteroatoms. The third kappa shape index (κ3) is 3.31. The molecular formula is C19H16ClN3O2S2. The maximum absolute atomic E-state index is 12.9. The van der Waals surface area contributed by atoms with Crippen molar-refractivity contribution in [2.75, 3.05) is 10.8 Å². The molecular weight excluding hydrogens is 402 g/mol. The average Bonchev–Trinajstić information content (AvgIpc) is 2.67. The van der Waals surface area contributed by atoms with Gasteiger partial charge in [0.2, 0.25) is 0 Å². The first-order chi connectivity index (χ1) is 13.0. The van der Waals surface area contributed by atoms with Crippen molar-refractivity contribution in [1.29, 1.82) is 0 Å². The molecule has 0 saturated heterocycles. The Morgan fingerprint density at radius 3 is 2.59 bits per heavy atom. The molecule has 3 aromatic rings. The Balaban J connectivity index is 1.72. The van der Waals surface area contributed by atoms with Gasteiger partial charge in [0.25, 0.3) is 10.0 Å². The molecule has 2 aromatic carbocycles. The summed E-state index contributed by atoms with van der Waals surface area (Å²) in [6.07, 6.45) is 1.42. The minimum absolute atomic E-state index is 0.152. The fraction of sp³-hybridized carbons (Fsp3) is 0.158. The van der Waals surface area contributed by atoms with Crippen LogP contribution in [0.2, 0.25) is 5.02 Å². The summed E-state index contributed by atoms with van der Waals surface area (Å²) in [4.78, 5) is 9.01. The van der Waals surface area contributed by atoms with Crippen LogP contribution in [0.15, 0.2) is 64.8 Å². The first-order valence-electron chi connectivity index (χ1n) is 8.37. The number of fused-ring (bicyclic) bond motifs is 3. The highest BCUT2D eigenvalue weighted by atomic mass is 35.5. The number of sulfonamides is 1. The Morgan fingerprint density at radius 2 is 1.85 bits per heavy atom. The van der Waals surface area contributed by atoms with E-state index in [0.717, 1.165) is 11.1 Å². The highest BCUT2D eigenvalue weighted by molar-refractivity contribution is 7.98. The number of hydrogen-bond acceptors (Lipinski definition) is 5. The van der Waals surface area contributed by atoms with E-state index in [-0.39, 0.29) is 4.90 Å². The molecule has 5 nitrogen and oxygen atoms in total. The quantitative estimate of drug-likeness (QED) is 0.458. The largest absolute Gasteiger partial charge is 0.268 e. The summed E-state index contributed by atoms with van der Waals surface area (Å²) in [5.74, 6) is 0.672. The Hall–Kier alpha value is -2.09. The van der Waals surface area contributed by atoms with Crippen LogP contribution in [0.3, 0.4) is 0 Å². The van der Waals surface area contributed by atoms with Crippen LogP contribution in [0.5, 0.6) is 0 Å². The second kappa shape index (κ2) is 7.14. The standard InChI is InChI=1S/C19H16ClN3O2S2/c1-2-23-16-6-4-3-5-15(16)18-17(27(23,24)25)11-21-19(22-18)26-12-13-7-9-14(20)10-8-13/h3-11H,2,12H2,1H3. The van der Waals surface area contributed by atoms with Crippen LogP contribution < -0.4 is 4.31 Å². The summed E-state index contributed by atoms with van der Waals surface area (Å²) in [5.41, 5.74) is 3.01. The van der Waals surface area contributed by atoms with Crippen LogP contribution in [0.25, 0.3) is 11.3 Å². The number of anilines is 1. The van der Waals surface area contributed by atoms with E-state index in [0.29, 0.717) is 33.9 Å². The number of nitrogens with zero attached hydrogens (tertiary/aromatic N) is 3. The van der Waals surface area contributed by atoms with Gasteiger partial charge >= 0.3 is 0 Å². The molecule has 0 fully saturated rings. The van der Waals surface area contributed by atoms with Gasteiger partial charge in [-0.25, -0.2) is 18.4 Å². The number of aromatic nitrogens is 2. The SMILES string of the molecule is CCN1c2ccccc2-c2nc(SCc3ccc(Cl)cc3)ncc2S1(=O)=O. The van der Waals surface area contributed by atoms with Gasteiger partial charge < -0.3 is 0 Å². The summed E-state index contributed by atoms with van der Waals surface area (Å²) in [5, 5.41) is 1.23. The van der Waals surface area contributed by atoms with E-state index >= 15 is 0 Å². The predicted octanol–water partition coefficient (Wildman–Crippen LogP) is 4.62. The summed E-state index contributed by atoms with van der Waals surface area (Å²) in [6, 6.07) is 15.0. The summed E-state index contributed by atoms with van der Waals surface area (Å²) in [7, 11) is -3.65. The van der Waals surface area contributed by atoms with Crippen LogP contribution in [-0.4, -0.2) is 24.9 Å². The first kappa shape index (κ1) is 18.3. The second-order valence-corrected chi connectivity index (χ2v) is 9.18. The highest BCUT2D eigenvalue weighted by Gasteiger charge is 2.35. The molecule has 1 aliphatic heterocycles. The van der Waals surface area contributed by atoms with Crippen LogP contribution in [0.1, 0.15) is 12.5 Å². The van der Waals surface area contributed by atoms with Gasteiger partial charge in [-0.2, -0.15) is 0 Å². The minimum atomic E-state index is -3.65. The molecule has 0 bridgehead atoms. The molecule has 138 valence electrons. The van der Waals surface area contributed by atoms with Gasteiger partial charge in [-0.15, -0.1) is 0 Å². The number of halogens is 1.